The number of pyridine rings is 1. The molecule has 0 aliphatic heterocycles. The number of nitrogens with zero attached hydrogens (tertiary/aromatic N) is 3. The molecule has 1 aromatic carbocycles. The monoisotopic (exact) mass is 373 g/mol. The molecule has 6 heteroatoms. The van der Waals surface area contributed by atoms with E-state index in [0.29, 0.717) is 12.2 Å². The topological polar surface area (TPSA) is 75.6 Å². The number of para-hydroxylation sites is 1. The smallest absolute Gasteiger partial charge is 0.272 e. The van der Waals surface area contributed by atoms with Gasteiger partial charge in [-0.25, -0.2) is 0 Å². The number of H-pyrrole nitrogens is 1. The zero-order valence-electron chi connectivity index (χ0n) is 16.0. The van der Waals surface area contributed by atoms with Gasteiger partial charge in [0.15, 0.2) is 0 Å². The van der Waals surface area contributed by atoms with Gasteiger partial charge in [-0.3, -0.25) is 14.9 Å². The van der Waals surface area contributed by atoms with Crippen LogP contribution in [0.4, 0.5) is 0 Å². The van der Waals surface area contributed by atoms with E-state index in [4.69, 9.17) is 0 Å². The molecular formula is C22H23N5O. The molecule has 0 aliphatic rings. The van der Waals surface area contributed by atoms with Gasteiger partial charge in [-0.05, 0) is 48.6 Å². The summed E-state index contributed by atoms with van der Waals surface area (Å²) in [6.45, 7) is 4.67. The largest absolute Gasteiger partial charge is 0.342 e. The van der Waals surface area contributed by atoms with E-state index < -0.39 is 0 Å². The third-order valence-corrected chi connectivity index (χ3v) is 4.98. The molecule has 1 unspecified atom stereocenters. The van der Waals surface area contributed by atoms with Crippen molar-refractivity contribution in [2.75, 3.05) is 0 Å². The highest BCUT2D eigenvalue weighted by Crippen LogP contribution is 2.19. The van der Waals surface area contributed by atoms with E-state index in [0.717, 1.165) is 28.9 Å². The number of carbonyl (C=O) groups excluding carboxylic acids is 1. The molecule has 3 aromatic heterocycles. The predicted octanol–water partition coefficient (Wildman–Crippen LogP) is 4.00. The van der Waals surface area contributed by atoms with Crippen LogP contribution in [-0.4, -0.2) is 25.7 Å². The summed E-state index contributed by atoms with van der Waals surface area (Å²) in [5, 5.41) is 11.4. The zero-order chi connectivity index (χ0) is 19.5. The Kier molecular flexibility index (Phi) is 4.93. The molecule has 0 radical (unpaired) electrons. The Hall–Kier alpha value is -3.41. The summed E-state index contributed by atoms with van der Waals surface area (Å²) in [5.41, 5.74) is 4.39. The molecule has 0 saturated carbocycles. The maximum atomic E-state index is 12.7. The van der Waals surface area contributed by atoms with Gasteiger partial charge in [0.2, 0.25) is 0 Å². The Bertz CT molecular complexity index is 1110. The fourth-order valence-corrected chi connectivity index (χ4v) is 3.48. The van der Waals surface area contributed by atoms with Crippen molar-refractivity contribution < 1.29 is 4.79 Å². The van der Waals surface area contributed by atoms with Gasteiger partial charge in [-0.15, -0.1) is 0 Å². The number of hydrogen-bond donors (Lipinski definition) is 2. The van der Waals surface area contributed by atoms with Crippen LogP contribution in [0, 0.1) is 6.92 Å². The Morgan fingerprint density at radius 2 is 2.07 bits per heavy atom. The maximum Gasteiger partial charge on any atom is 0.272 e. The van der Waals surface area contributed by atoms with Gasteiger partial charge in [0, 0.05) is 17.9 Å². The molecule has 0 fully saturated rings. The van der Waals surface area contributed by atoms with Crippen molar-refractivity contribution in [1.29, 1.82) is 0 Å². The first-order valence-corrected chi connectivity index (χ1v) is 9.46. The molecule has 1 atom stereocenters. The summed E-state index contributed by atoms with van der Waals surface area (Å²) >= 11 is 0. The fourth-order valence-electron chi connectivity index (χ4n) is 3.48. The molecule has 0 aliphatic carbocycles. The van der Waals surface area contributed by atoms with Crippen molar-refractivity contribution in [1.82, 2.24) is 25.1 Å². The number of hydrogen-bond acceptors (Lipinski definition) is 3. The van der Waals surface area contributed by atoms with Crippen LogP contribution in [0.25, 0.3) is 10.9 Å². The zero-order valence-corrected chi connectivity index (χ0v) is 16.0. The van der Waals surface area contributed by atoms with E-state index in [9.17, 15) is 4.79 Å². The lowest BCUT2D eigenvalue weighted by molar-refractivity contribution is 0.0929. The number of aromatic amines is 1. The SMILES string of the molecule is CCC(NC(=O)c1cc(Cn2ccc3ccccc32)[nH]n1)c1ncccc1C. The van der Waals surface area contributed by atoms with E-state index in [1.165, 1.54) is 5.39 Å². The molecule has 28 heavy (non-hydrogen) atoms. The first-order valence-electron chi connectivity index (χ1n) is 9.46. The first-order chi connectivity index (χ1) is 13.7. The third-order valence-electron chi connectivity index (χ3n) is 4.98. The van der Waals surface area contributed by atoms with Crippen molar-refractivity contribution in [3.63, 3.8) is 0 Å². The number of fused-ring (bicyclic) bond motifs is 1. The Morgan fingerprint density at radius 1 is 1.21 bits per heavy atom. The third kappa shape index (κ3) is 3.53. The number of amides is 1. The second-order valence-electron chi connectivity index (χ2n) is 6.92. The standard InChI is InChI=1S/C22H23N5O/c1-3-18(21-15(2)7-6-11-23-21)24-22(28)19-13-17(25-26-19)14-27-12-10-16-8-4-5-9-20(16)27/h4-13,18H,3,14H2,1-2H3,(H,24,28)(H,25,26). The van der Waals surface area contributed by atoms with Gasteiger partial charge in [-0.1, -0.05) is 31.2 Å². The number of aryl methyl sites for hydroxylation is 1. The molecule has 0 saturated heterocycles. The van der Waals surface area contributed by atoms with Gasteiger partial charge >= 0.3 is 0 Å². The lowest BCUT2D eigenvalue weighted by Gasteiger charge is -2.17. The van der Waals surface area contributed by atoms with Crippen molar-refractivity contribution >= 4 is 16.8 Å². The number of rotatable bonds is 6. The van der Waals surface area contributed by atoms with Crippen LogP contribution in [0.3, 0.4) is 0 Å². The summed E-state index contributed by atoms with van der Waals surface area (Å²) in [6.07, 6.45) is 4.56. The molecule has 1 amide bonds. The van der Waals surface area contributed by atoms with Crippen LogP contribution in [0.1, 0.15) is 46.8 Å². The van der Waals surface area contributed by atoms with E-state index in [2.05, 4.69) is 43.3 Å². The Labute approximate surface area is 163 Å². The van der Waals surface area contributed by atoms with Gasteiger partial charge in [0.1, 0.15) is 5.69 Å². The van der Waals surface area contributed by atoms with E-state index >= 15 is 0 Å². The average Bonchev–Trinajstić information content (AvgIpc) is 3.35. The van der Waals surface area contributed by atoms with Crippen molar-refractivity contribution in [2.24, 2.45) is 0 Å². The second-order valence-corrected chi connectivity index (χ2v) is 6.92. The van der Waals surface area contributed by atoms with E-state index in [-0.39, 0.29) is 11.9 Å². The number of carbonyl (C=O) groups is 1. The predicted molar refractivity (Wildman–Crippen MR) is 109 cm³/mol. The minimum Gasteiger partial charge on any atom is -0.342 e. The fraction of sp³-hybridized carbons (Fsp3) is 0.227. The van der Waals surface area contributed by atoms with Crippen LogP contribution in [-0.2, 0) is 6.54 Å². The molecular weight excluding hydrogens is 350 g/mol. The van der Waals surface area contributed by atoms with Gasteiger partial charge in [-0.2, -0.15) is 5.10 Å². The van der Waals surface area contributed by atoms with Crippen LogP contribution in [0.15, 0.2) is 60.9 Å². The molecule has 3 heterocycles. The molecule has 0 spiro atoms. The molecule has 6 nitrogen and oxygen atoms in total. The lowest BCUT2D eigenvalue weighted by Crippen LogP contribution is -2.29. The molecule has 142 valence electrons. The highest BCUT2D eigenvalue weighted by Gasteiger charge is 2.19. The highest BCUT2D eigenvalue weighted by atomic mass is 16.2. The molecule has 4 aromatic rings. The van der Waals surface area contributed by atoms with Crippen LogP contribution < -0.4 is 5.32 Å². The van der Waals surface area contributed by atoms with E-state index in [1.54, 1.807) is 6.20 Å². The molecule has 0 bridgehead atoms. The van der Waals surface area contributed by atoms with Gasteiger partial charge < -0.3 is 9.88 Å². The highest BCUT2D eigenvalue weighted by molar-refractivity contribution is 5.92. The number of aromatic nitrogens is 4. The number of benzene rings is 1. The normalized spacial score (nSPS) is 12.2. The van der Waals surface area contributed by atoms with Crippen molar-refractivity contribution in [3.8, 4) is 0 Å². The molecule has 2 N–H and O–H groups in total. The van der Waals surface area contributed by atoms with Crippen LogP contribution >= 0.6 is 0 Å². The Morgan fingerprint density at radius 3 is 2.89 bits per heavy atom. The average molecular weight is 373 g/mol. The molecule has 4 rings (SSSR count). The first kappa shape index (κ1) is 18.0. The second kappa shape index (κ2) is 7.68. The number of nitrogens with one attached hydrogen (secondary N) is 2. The summed E-state index contributed by atoms with van der Waals surface area (Å²) in [4.78, 5) is 17.1. The van der Waals surface area contributed by atoms with Gasteiger partial charge in [0.05, 0.1) is 24.0 Å². The van der Waals surface area contributed by atoms with Gasteiger partial charge in [0.25, 0.3) is 5.91 Å². The van der Waals surface area contributed by atoms with Crippen molar-refractivity contribution in [2.45, 2.75) is 32.9 Å². The summed E-state index contributed by atoms with van der Waals surface area (Å²) in [7, 11) is 0. The minimum atomic E-state index is -0.197. The van der Waals surface area contributed by atoms with Crippen LogP contribution in [0.2, 0.25) is 0 Å². The minimum absolute atomic E-state index is 0.137. The summed E-state index contributed by atoms with van der Waals surface area (Å²) < 4.78 is 2.14. The summed E-state index contributed by atoms with van der Waals surface area (Å²) in [6, 6.07) is 15.9. The lowest BCUT2D eigenvalue weighted by atomic mass is 10.1. The maximum absolute atomic E-state index is 12.7. The van der Waals surface area contributed by atoms with Crippen molar-refractivity contribution in [3.05, 3.63) is 83.6 Å². The Balaban J connectivity index is 1.49. The quantitative estimate of drug-likeness (QED) is 0.536. The summed E-state index contributed by atoms with van der Waals surface area (Å²) in [5.74, 6) is -0.197. The van der Waals surface area contributed by atoms with E-state index in [1.807, 2.05) is 50.4 Å². The van der Waals surface area contributed by atoms with Crippen LogP contribution in [0.5, 0.6) is 0 Å².